The molecule has 1 N–H and O–H groups in total. The third-order valence-corrected chi connectivity index (χ3v) is 6.95. The Morgan fingerprint density at radius 2 is 2.20 bits per heavy atom. The van der Waals surface area contributed by atoms with Crippen molar-refractivity contribution < 1.29 is 9.53 Å². The van der Waals surface area contributed by atoms with Crippen molar-refractivity contribution in [2.45, 2.75) is 50.5 Å². The van der Waals surface area contributed by atoms with Gasteiger partial charge < -0.3 is 10.1 Å². The summed E-state index contributed by atoms with van der Waals surface area (Å²) in [5, 5.41) is 14.8. The summed E-state index contributed by atoms with van der Waals surface area (Å²) in [6, 6.07) is 12.1. The number of ether oxygens (including phenoxy) is 1. The minimum atomic E-state index is -0.0339. The molecule has 1 aromatic carbocycles. The average molecular weight is 443 g/mol. The molecule has 158 valence electrons. The molecular weight excluding hydrogens is 416 g/mol. The van der Waals surface area contributed by atoms with Crippen LogP contribution in [0, 0.1) is 6.92 Å². The van der Waals surface area contributed by atoms with E-state index in [4.69, 9.17) is 4.74 Å². The zero-order valence-electron chi connectivity index (χ0n) is 17.2. The Hall–Kier alpha value is -2.16. The maximum absolute atomic E-state index is 12.5. The molecule has 30 heavy (non-hydrogen) atoms. The zero-order valence-corrected chi connectivity index (χ0v) is 18.8. The van der Waals surface area contributed by atoms with E-state index in [1.165, 1.54) is 16.6 Å². The van der Waals surface area contributed by atoms with E-state index in [9.17, 15) is 4.79 Å². The maximum Gasteiger partial charge on any atom is 0.230 e. The van der Waals surface area contributed by atoms with Crippen LogP contribution in [0.4, 0.5) is 0 Å². The molecule has 4 rings (SSSR count). The van der Waals surface area contributed by atoms with Crippen LogP contribution < -0.4 is 5.32 Å². The fourth-order valence-corrected chi connectivity index (χ4v) is 5.00. The van der Waals surface area contributed by atoms with Crippen molar-refractivity contribution >= 4 is 29.0 Å². The summed E-state index contributed by atoms with van der Waals surface area (Å²) in [5.74, 6) is 1.12. The van der Waals surface area contributed by atoms with Crippen molar-refractivity contribution in [3.8, 4) is 11.4 Å². The van der Waals surface area contributed by atoms with Gasteiger partial charge in [0.1, 0.15) is 0 Å². The fraction of sp³-hybridized carbons (Fsp3) is 0.409. The molecule has 2 atom stereocenters. The van der Waals surface area contributed by atoms with E-state index in [-0.39, 0.29) is 18.1 Å². The van der Waals surface area contributed by atoms with Gasteiger partial charge in [0.25, 0.3) is 0 Å². The van der Waals surface area contributed by atoms with E-state index in [1.807, 2.05) is 37.3 Å². The lowest BCUT2D eigenvalue weighted by atomic mass is 10.1. The van der Waals surface area contributed by atoms with Crippen molar-refractivity contribution in [1.29, 1.82) is 0 Å². The summed E-state index contributed by atoms with van der Waals surface area (Å²) in [7, 11) is 0. The Kier molecular flexibility index (Phi) is 6.86. The number of aryl methyl sites for hydroxylation is 1. The molecular formula is C22H26N4O2S2. The van der Waals surface area contributed by atoms with Crippen LogP contribution in [-0.2, 0) is 16.1 Å². The fourth-order valence-electron chi connectivity index (χ4n) is 3.56. The van der Waals surface area contributed by atoms with Crippen molar-refractivity contribution in [2.24, 2.45) is 0 Å². The quantitative estimate of drug-likeness (QED) is 0.522. The Morgan fingerprint density at radius 1 is 1.37 bits per heavy atom. The summed E-state index contributed by atoms with van der Waals surface area (Å²) in [4.78, 5) is 13.8. The molecule has 0 radical (unpaired) electrons. The van der Waals surface area contributed by atoms with E-state index in [2.05, 4.69) is 38.5 Å². The predicted molar refractivity (Wildman–Crippen MR) is 121 cm³/mol. The summed E-state index contributed by atoms with van der Waals surface area (Å²) in [6.07, 6.45) is 2.30. The molecule has 3 heterocycles. The number of amides is 1. The van der Waals surface area contributed by atoms with Gasteiger partial charge in [0.15, 0.2) is 11.0 Å². The summed E-state index contributed by atoms with van der Waals surface area (Å²) in [6.45, 7) is 5.60. The second-order valence-corrected chi connectivity index (χ2v) is 9.54. The molecule has 1 amide bonds. The monoisotopic (exact) mass is 442 g/mol. The first kappa shape index (κ1) is 21.1. The molecule has 2 aromatic heterocycles. The number of hydrogen-bond donors (Lipinski definition) is 1. The van der Waals surface area contributed by atoms with Crippen LogP contribution in [-0.4, -0.2) is 39.1 Å². The van der Waals surface area contributed by atoms with Crippen LogP contribution in [0.25, 0.3) is 11.4 Å². The van der Waals surface area contributed by atoms with Crippen molar-refractivity contribution in [3.05, 3.63) is 52.2 Å². The highest BCUT2D eigenvalue weighted by molar-refractivity contribution is 7.99. The molecule has 1 aliphatic heterocycles. The van der Waals surface area contributed by atoms with Gasteiger partial charge in [-0.2, -0.15) is 0 Å². The molecule has 2 unspecified atom stereocenters. The molecule has 0 spiro atoms. The smallest absolute Gasteiger partial charge is 0.230 e. The summed E-state index contributed by atoms with van der Waals surface area (Å²) < 4.78 is 7.95. The minimum Gasteiger partial charge on any atom is -0.376 e. The van der Waals surface area contributed by atoms with Crippen LogP contribution in [0.2, 0.25) is 0 Å². The number of carbonyl (C=O) groups excluding carboxylic acids is 1. The van der Waals surface area contributed by atoms with Gasteiger partial charge in [-0.25, -0.2) is 0 Å². The topological polar surface area (TPSA) is 69.0 Å². The van der Waals surface area contributed by atoms with Gasteiger partial charge in [0, 0.05) is 22.4 Å². The number of nitrogens with zero attached hydrogens (tertiary/aromatic N) is 3. The summed E-state index contributed by atoms with van der Waals surface area (Å²) in [5.41, 5.74) is 2.16. The van der Waals surface area contributed by atoms with Crippen molar-refractivity contribution in [2.75, 3.05) is 12.4 Å². The van der Waals surface area contributed by atoms with Crippen LogP contribution in [0.1, 0.15) is 36.2 Å². The number of benzene rings is 1. The van der Waals surface area contributed by atoms with E-state index in [0.717, 1.165) is 41.6 Å². The Labute approximate surface area is 185 Å². The van der Waals surface area contributed by atoms with Gasteiger partial charge >= 0.3 is 0 Å². The average Bonchev–Trinajstić information content (AvgIpc) is 3.49. The molecule has 1 saturated heterocycles. The maximum atomic E-state index is 12.5. The number of nitrogens with one attached hydrogen (secondary N) is 1. The number of thioether (sulfide) groups is 1. The van der Waals surface area contributed by atoms with Crippen molar-refractivity contribution in [3.63, 3.8) is 0 Å². The Balaban J connectivity index is 1.45. The van der Waals surface area contributed by atoms with Crippen molar-refractivity contribution in [1.82, 2.24) is 20.1 Å². The molecule has 1 fully saturated rings. The molecule has 0 saturated carbocycles. The second kappa shape index (κ2) is 9.76. The molecule has 8 heteroatoms. The van der Waals surface area contributed by atoms with Gasteiger partial charge in [0.05, 0.1) is 24.4 Å². The molecule has 0 bridgehead atoms. The third kappa shape index (κ3) is 5.11. The van der Waals surface area contributed by atoms with E-state index in [1.54, 1.807) is 11.3 Å². The molecule has 3 aromatic rings. The van der Waals surface area contributed by atoms with E-state index >= 15 is 0 Å². The minimum absolute atomic E-state index is 0.0176. The lowest BCUT2D eigenvalue weighted by molar-refractivity contribution is -0.119. The van der Waals surface area contributed by atoms with E-state index < -0.39 is 0 Å². The highest BCUT2D eigenvalue weighted by Gasteiger charge is 2.23. The molecule has 6 nitrogen and oxygen atoms in total. The first-order valence-corrected chi connectivity index (χ1v) is 12.0. The van der Waals surface area contributed by atoms with Crippen LogP contribution >= 0.6 is 23.1 Å². The van der Waals surface area contributed by atoms with Gasteiger partial charge in [-0.1, -0.05) is 42.1 Å². The lowest BCUT2D eigenvalue weighted by Crippen LogP contribution is -2.28. The third-order valence-electron chi connectivity index (χ3n) is 5.13. The SMILES string of the molecule is Cc1cc(-c2nnc(SCC(=O)NC(C)c3ccccc3)n2CC2CCCO2)cs1. The standard InChI is InChI=1S/C22H26N4O2S2/c1-15-11-18(13-29-15)21-24-25-22(26(21)12-19-9-6-10-28-19)30-14-20(27)23-16(2)17-7-4-3-5-8-17/h3-5,7-8,11,13,16,19H,6,9-10,12,14H2,1-2H3,(H,23,27). The van der Waals surface area contributed by atoms with E-state index in [0.29, 0.717) is 12.3 Å². The molecule has 0 aliphatic carbocycles. The van der Waals surface area contributed by atoms with Gasteiger partial charge in [0.2, 0.25) is 5.91 Å². The highest BCUT2D eigenvalue weighted by Crippen LogP contribution is 2.29. The lowest BCUT2D eigenvalue weighted by Gasteiger charge is -2.15. The van der Waals surface area contributed by atoms with Gasteiger partial charge in [-0.05, 0) is 38.3 Å². The predicted octanol–water partition coefficient (Wildman–Crippen LogP) is 4.46. The summed E-state index contributed by atoms with van der Waals surface area (Å²) >= 11 is 3.12. The van der Waals surface area contributed by atoms with Gasteiger partial charge in [-0.3, -0.25) is 9.36 Å². The van der Waals surface area contributed by atoms with Crippen LogP contribution in [0.15, 0.2) is 46.9 Å². The molecule has 1 aliphatic rings. The number of rotatable bonds is 8. The number of aromatic nitrogens is 3. The number of carbonyl (C=O) groups is 1. The first-order chi connectivity index (χ1) is 14.6. The largest absolute Gasteiger partial charge is 0.376 e. The number of thiophene rings is 1. The first-order valence-electron chi connectivity index (χ1n) is 10.2. The Morgan fingerprint density at radius 3 is 2.90 bits per heavy atom. The van der Waals surface area contributed by atoms with Crippen LogP contribution in [0.3, 0.4) is 0 Å². The highest BCUT2D eigenvalue weighted by atomic mass is 32.2. The Bertz CT molecular complexity index is 980. The second-order valence-electron chi connectivity index (χ2n) is 7.49. The number of hydrogen-bond acceptors (Lipinski definition) is 6. The zero-order chi connectivity index (χ0) is 20.9. The normalized spacial score (nSPS) is 17.2. The van der Waals surface area contributed by atoms with Crippen LogP contribution in [0.5, 0.6) is 0 Å². The van der Waals surface area contributed by atoms with Gasteiger partial charge in [-0.15, -0.1) is 21.5 Å².